The monoisotopic (exact) mass is 220 g/mol. The molecule has 0 radical (unpaired) electrons. The molecule has 0 saturated heterocycles. The zero-order valence-electron chi connectivity index (χ0n) is 12.1. The van der Waals surface area contributed by atoms with E-state index in [4.69, 9.17) is 0 Å². The van der Waals surface area contributed by atoms with Gasteiger partial charge in [0.1, 0.15) is 0 Å². The van der Waals surface area contributed by atoms with E-state index in [0.29, 0.717) is 10.8 Å². The molecule has 1 fully saturated rings. The summed E-state index contributed by atoms with van der Waals surface area (Å²) < 4.78 is 0. The molecule has 0 N–H and O–H groups in total. The van der Waals surface area contributed by atoms with Gasteiger partial charge in [-0.3, -0.25) is 0 Å². The quantitative estimate of drug-likeness (QED) is 0.584. The van der Waals surface area contributed by atoms with E-state index in [1.807, 2.05) is 0 Å². The Bertz CT molecular complexity index is 330. The first kappa shape index (κ1) is 12.2. The lowest BCUT2D eigenvalue weighted by Crippen LogP contribution is -2.29. The fraction of sp³-hybridized carbons (Fsp3) is 0.875. The van der Waals surface area contributed by atoms with Crippen molar-refractivity contribution in [1.29, 1.82) is 0 Å². The SMILES string of the molecule is CC1=C(C(C)(C)CC2C(C)C2(C)C)C(C)C1. The van der Waals surface area contributed by atoms with Gasteiger partial charge in [-0.1, -0.05) is 52.7 Å². The largest absolute Gasteiger partial charge is 0.0727 e. The zero-order valence-corrected chi connectivity index (χ0v) is 12.1. The third kappa shape index (κ3) is 1.65. The maximum Gasteiger partial charge on any atom is -0.0136 e. The smallest absolute Gasteiger partial charge is 0.0136 e. The molecule has 0 aromatic carbocycles. The molecule has 2 aliphatic rings. The van der Waals surface area contributed by atoms with E-state index in [1.165, 1.54) is 12.8 Å². The summed E-state index contributed by atoms with van der Waals surface area (Å²) in [6.45, 7) is 16.9. The van der Waals surface area contributed by atoms with E-state index in [2.05, 4.69) is 48.5 Å². The summed E-state index contributed by atoms with van der Waals surface area (Å²) in [4.78, 5) is 0. The molecule has 0 heterocycles. The minimum atomic E-state index is 0.439. The van der Waals surface area contributed by atoms with Gasteiger partial charge in [0.25, 0.3) is 0 Å². The van der Waals surface area contributed by atoms with Gasteiger partial charge in [0, 0.05) is 0 Å². The van der Waals surface area contributed by atoms with Crippen molar-refractivity contribution in [2.75, 3.05) is 0 Å². The Labute approximate surface area is 102 Å². The molecule has 0 nitrogen and oxygen atoms in total. The lowest BCUT2D eigenvalue weighted by Gasteiger charge is -2.41. The van der Waals surface area contributed by atoms with Crippen LogP contribution in [0.1, 0.15) is 61.3 Å². The van der Waals surface area contributed by atoms with Crippen LogP contribution < -0.4 is 0 Å². The van der Waals surface area contributed by atoms with E-state index >= 15 is 0 Å². The first-order chi connectivity index (χ1) is 7.18. The highest BCUT2D eigenvalue weighted by molar-refractivity contribution is 5.32. The standard InChI is InChI=1S/C16H28/c1-10-8-11(2)14(10)15(4,5)9-13-12(3)16(13,6)7/h10,12-13H,8-9H2,1-7H3. The summed E-state index contributed by atoms with van der Waals surface area (Å²) in [6.07, 6.45) is 2.72. The van der Waals surface area contributed by atoms with Crippen molar-refractivity contribution in [1.82, 2.24) is 0 Å². The molecule has 16 heavy (non-hydrogen) atoms. The number of rotatable bonds is 3. The predicted octanol–water partition coefficient (Wildman–Crippen LogP) is 5.05. The topological polar surface area (TPSA) is 0 Å². The van der Waals surface area contributed by atoms with Crippen LogP contribution in [-0.4, -0.2) is 0 Å². The minimum Gasteiger partial charge on any atom is -0.0727 e. The molecule has 92 valence electrons. The van der Waals surface area contributed by atoms with Gasteiger partial charge in [0.15, 0.2) is 0 Å². The maximum absolute atomic E-state index is 2.46. The summed E-state index contributed by atoms with van der Waals surface area (Å²) in [6, 6.07) is 0. The molecule has 0 amide bonds. The van der Waals surface area contributed by atoms with Crippen molar-refractivity contribution in [3.63, 3.8) is 0 Å². The Morgan fingerprint density at radius 3 is 2.06 bits per heavy atom. The van der Waals surface area contributed by atoms with Crippen LogP contribution in [0.25, 0.3) is 0 Å². The molecule has 3 unspecified atom stereocenters. The van der Waals surface area contributed by atoms with Gasteiger partial charge in [0.05, 0.1) is 0 Å². The molecule has 0 aliphatic heterocycles. The van der Waals surface area contributed by atoms with Gasteiger partial charge in [0.2, 0.25) is 0 Å². The maximum atomic E-state index is 2.46. The fourth-order valence-corrected chi connectivity index (χ4v) is 4.32. The molecule has 0 bridgehead atoms. The first-order valence-corrected chi connectivity index (χ1v) is 6.88. The Balaban J connectivity index is 2.08. The Morgan fingerprint density at radius 2 is 1.75 bits per heavy atom. The highest BCUT2D eigenvalue weighted by Gasteiger charge is 2.56. The van der Waals surface area contributed by atoms with Crippen LogP contribution in [0.3, 0.4) is 0 Å². The summed E-state index contributed by atoms with van der Waals surface area (Å²) in [5.74, 6) is 2.70. The lowest BCUT2D eigenvalue weighted by molar-refractivity contribution is 0.296. The minimum absolute atomic E-state index is 0.439. The summed E-state index contributed by atoms with van der Waals surface area (Å²) in [7, 11) is 0. The van der Waals surface area contributed by atoms with Crippen LogP contribution in [0.5, 0.6) is 0 Å². The van der Waals surface area contributed by atoms with Crippen LogP contribution in [0.4, 0.5) is 0 Å². The summed E-state index contributed by atoms with van der Waals surface area (Å²) >= 11 is 0. The van der Waals surface area contributed by atoms with Crippen molar-refractivity contribution >= 4 is 0 Å². The van der Waals surface area contributed by atoms with Gasteiger partial charge in [-0.15, -0.1) is 0 Å². The molecule has 0 heteroatoms. The fourth-order valence-electron chi connectivity index (χ4n) is 4.32. The van der Waals surface area contributed by atoms with Crippen LogP contribution in [0, 0.1) is 28.6 Å². The molecule has 2 aliphatic carbocycles. The molecule has 3 atom stereocenters. The third-order valence-electron chi connectivity index (χ3n) is 5.65. The van der Waals surface area contributed by atoms with Crippen molar-refractivity contribution in [3.05, 3.63) is 11.1 Å². The average Bonchev–Trinajstić information content (AvgIpc) is 2.52. The molecule has 0 aromatic rings. The summed E-state index contributed by atoms with van der Waals surface area (Å²) in [5.41, 5.74) is 4.47. The first-order valence-electron chi connectivity index (χ1n) is 6.88. The normalized spacial score (nSPS) is 37.3. The van der Waals surface area contributed by atoms with Crippen molar-refractivity contribution < 1.29 is 0 Å². The average molecular weight is 220 g/mol. The molecule has 0 spiro atoms. The number of hydrogen-bond donors (Lipinski definition) is 0. The van der Waals surface area contributed by atoms with Gasteiger partial charge < -0.3 is 0 Å². The van der Waals surface area contributed by atoms with E-state index in [0.717, 1.165) is 17.8 Å². The van der Waals surface area contributed by atoms with E-state index in [1.54, 1.807) is 11.1 Å². The molecule has 2 rings (SSSR count). The van der Waals surface area contributed by atoms with Crippen molar-refractivity contribution in [3.8, 4) is 0 Å². The van der Waals surface area contributed by atoms with Crippen LogP contribution in [0.2, 0.25) is 0 Å². The number of allylic oxidation sites excluding steroid dienone is 2. The highest BCUT2D eigenvalue weighted by Crippen LogP contribution is 2.63. The second kappa shape index (κ2) is 3.37. The van der Waals surface area contributed by atoms with Crippen molar-refractivity contribution in [2.45, 2.75) is 61.3 Å². The van der Waals surface area contributed by atoms with Crippen molar-refractivity contribution in [2.24, 2.45) is 28.6 Å². The van der Waals surface area contributed by atoms with Crippen LogP contribution in [-0.2, 0) is 0 Å². The van der Waals surface area contributed by atoms with Gasteiger partial charge in [-0.2, -0.15) is 0 Å². The van der Waals surface area contributed by atoms with E-state index in [9.17, 15) is 0 Å². The van der Waals surface area contributed by atoms with Crippen LogP contribution in [0.15, 0.2) is 11.1 Å². The summed E-state index contributed by atoms with van der Waals surface area (Å²) in [5, 5.41) is 0. The third-order valence-corrected chi connectivity index (χ3v) is 5.65. The predicted molar refractivity (Wildman–Crippen MR) is 71.3 cm³/mol. The molecule has 1 saturated carbocycles. The lowest BCUT2D eigenvalue weighted by atomic mass is 9.64. The Morgan fingerprint density at radius 1 is 1.25 bits per heavy atom. The second-order valence-electron chi connectivity index (χ2n) is 7.60. The number of hydrogen-bond acceptors (Lipinski definition) is 0. The zero-order chi connectivity index (χ0) is 12.3. The van der Waals surface area contributed by atoms with E-state index in [-0.39, 0.29) is 0 Å². The van der Waals surface area contributed by atoms with Crippen LogP contribution >= 0.6 is 0 Å². The van der Waals surface area contributed by atoms with Gasteiger partial charge >= 0.3 is 0 Å². The Kier molecular flexibility index (Phi) is 2.57. The molecular formula is C16H28. The second-order valence-corrected chi connectivity index (χ2v) is 7.60. The van der Waals surface area contributed by atoms with Gasteiger partial charge in [-0.25, -0.2) is 0 Å². The molecular weight excluding hydrogens is 192 g/mol. The molecule has 0 aromatic heterocycles. The van der Waals surface area contributed by atoms with E-state index < -0.39 is 0 Å². The highest BCUT2D eigenvalue weighted by atomic mass is 14.6. The van der Waals surface area contributed by atoms with Gasteiger partial charge in [-0.05, 0) is 48.3 Å². The Hall–Kier alpha value is -0.260.